The highest BCUT2D eigenvalue weighted by atomic mass is 16.2. The number of anilines is 1. The number of piperazine rings is 1. The summed E-state index contributed by atoms with van der Waals surface area (Å²) < 4.78 is 2.15. The number of nitrogens with one attached hydrogen (secondary N) is 1. The zero-order valence-electron chi connectivity index (χ0n) is 12.7. The maximum atomic E-state index is 11.7. The van der Waals surface area contributed by atoms with Crippen LogP contribution in [0.2, 0.25) is 0 Å². The SMILES string of the molecule is CCn1ccnc1N1CCN(CC(=O)NC(C)C)CC1. The molecule has 0 unspecified atom stereocenters. The zero-order chi connectivity index (χ0) is 14.5. The first-order valence-corrected chi connectivity index (χ1v) is 7.38. The minimum atomic E-state index is 0.114. The van der Waals surface area contributed by atoms with Crippen LogP contribution in [0.25, 0.3) is 0 Å². The molecule has 112 valence electrons. The molecule has 20 heavy (non-hydrogen) atoms. The van der Waals surface area contributed by atoms with Gasteiger partial charge in [0.1, 0.15) is 0 Å². The van der Waals surface area contributed by atoms with Crippen molar-refractivity contribution in [2.75, 3.05) is 37.6 Å². The van der Waals surface area contributed by atoms with Gasteiger partial charge < -0.3 is 14.8 Å². The molecule has 1 aliphatic rings. The Morgan fingerprint density at radius 1 is 1.35 bits per heavy atom. The van der Waals surface area contributed by atoms with Crippen molar-refractivity contribution in [1.29, 1.82) is 0 Å². The van der Waals surface area contributed by atoms with Crippen LogP contribution >= 0.6 is 0 Å². The molecule has 1 fully saturated rings. The van der Waals surface area contributed by atoms with Crippen LogP contribution in [0, 0.1) is 0 Å². The summed E-state index contributed by atoms with van der Waals surface area (Å²) in [7, 11) is 0. The molecule has 6 heteroatoms. The van der Waals surface area contributed by atoms with Crippen LogP contribution in [0.5, 0.6) is 0 Å². The molecule has 0 atom stereocenters. The van der Waals surface area contributed by atoms with Crippen LogP contribution in [-0.2, 0) is 11.3 Å². The third-order valence-electron chi connectivity index (χ3n) is 3.51. The first-order chi connectivity index (χ1) is 9.60. The second-order valence-corrected chi connectivity index (χ2v) is 5.50. The van der Waals surface area contributed by atoms with Crippen LogP contribution < -0.4 is 10.2 Å². The van der Waals surface area contributed by atoms with Crippen molar-refractivity contribution < 1.29 is 4.79 Å². The molecule has 6 nitrogen and oxygen atoms in total. The van der Waals surface area contributed by atoms with E-state index in [9.17, 15) is 4.79 Å². The first kappa shape index (κ1) is 14.8. The van der Waals surface area contributed by atoms with E-state index in [1.807, 2.05) is 26.2 Å². The third-order valence-corrected chi connectivity index (χ3v) is 3.51. The number of carbonyl (C=O) groups excluding carboxylic acids is 1. The third kappa shape index (κ3) is 3.72. The van der Waals surface area contributed by atoms with E-state index >= 15 is 0 Å². The van der Waals surface area contributed by atoms with Gasteiger partial charge in [-0.2, -0.15) is 0 Å². The van der Waals surface area contributed by atoms with E-state index in [0.717, 1.165) is 38.7 Å². The van der Waals surface area contributed by atoms with Crippen LogP contribution in [0.4, 0.5) is 5.95 Å². The van der Waals surface area contributed by atoms with Gasteiger partial charge in [-0.05, 0) is 20.8 Å². The lowest BCUT2D eigenvalue weighted by Gasteiger charge is -2.35. The summed E-state index contributed by atoms with van der Waals surface area (Å²) in [6, 6.07) is 0.209. The summed E-state index contributed by atoms with van der Waals surface area (Å²) in [6.07, 6.45) is 3.86. The lowest BCUT2D eigenvalue weighted by molar-refractivity contribution is -0.122. The summed E-state index contributed by atoms with van der Waals surface area (Å²) in [4.78, 5) is 20.7. The fourth-order valence-corrected chi connectivity index (χ4v) is 2.51. The van der Waals surface area contributed by atoms with E-state index in [0.29, 0.717) is 6.54 Å². The normalized spacial score (nSPS) is 16.7. The standard InChI is InChI=1S/C14H25N5O/c1-4-18-6-5-15-14(18)19-9-7-17(8-10-19)11-13(20)16-12(2)3/h5-6,12H,4,7-11H2,1-3H3,(H,16,20). The molecule has 2 heterocycles. The maximum absolute atomic E-state index is 11.7. The Balaban J connectivity index is 1.82. The molecule has 0 saturated carbocycles. The van der Waals surface area contributed by atoms with Gasteiger partial charge >= 0.3 is 0 Å². The molecular weight excluding hydrogens is 254 g/mol. The smallest absolute Gasteiger partial charge is 0.234 e. The molecule has 1 amide bonds. The number of hydrogen-bond acceptors (Lipinski definition) is 4. The molecule has 0 aromatic carbocycles. The number of amides is 1. The molecule has 0 aliphatic carbocycles. The van der Waals surface area contributed by atoms with Gasteiger partial charge in [-0.25, -0.2) is 4.98 Å². The highest BCUT2D eigenvalue weighted by Crippen LogP contribution is 2.14. The summed E-state index contributed by atoms with van der Waals surface area (Å²) in [6.45, 7) is 11.2. The van der Waals surface area contributed by atoms with Crippen molar-refractivity contribution in [1.82, 2.24) is 19.8 Å². The molecule has 1 aromatic rings. The van der Waals surface area contributed by atoms with Gasteiger partial charge in [0.05, 0.1) is 6.54 Å². The monoisotopic (exact) mass is 279 g/mol. The van der Waals surface area contributed by atoms with Gasteiger partial charge in [0.15, 0.2) is 0 Å². The number of nitrogens with zero attached hydrogens (tertiary/aromatic N) is 4. The van der Waals surface area contributed by atoms with Crippen molar-refractivity contribution in [3.8, 4) is 0 Å². The Morgan fingerprint density at radius 3 is 2.65 bits per heavy atom. The highest BCUT2D eigenvalue weighted by molar-refractivity contribution is 5.78. The minimum Gasteiger partial charge on any atom is -0.353 e. The average Bonchev–Trinajstić information content (AvgIpc) is 2.86. The number of hydrogen-bond donors (Lipinski definition) is 1. The van der Waals surface area contributed by atoms with Crippen molar-refractivity contribution in [2.45, 2.75) is 33.4 Å². The van der Waals surface area contributed by atoms with E-state index < -0.39 is 0 Å². The summed E-state index contributed by atoms with van der Waals surface area (Å²) in [5, 5.41) is 2.94. The quantitative estimate of drug-likeness (QED) is 0.855. The average molecular weight is 279 g/mol. The lowest BCUT2D eigenvalue weighted by Crippen LogP contribution is -2.50. The molecule has 1 saturated heterocycles. The summed E-state index contributed by atoms with van der Waals surface area (Å²) >= 11 is 0. The maximum Gasteiger partial charge on any atom is 0.234 e. The Labute approximate surface area is 120 Å². The van der Waals surface area contributed by atoms with E-state index in [2.05, 4.69) is 31.6 Å². The predicted octanol–water partition coefficient (Wildman–Crippen LogP) is 0.550. The van der Waals surface area contributed by atoms with E-state index in [1.165, 1.54) is 0 Å². The first-order valence-electron chi connectivity index (χ1n) is 7.38. The molecular formula is C14H25N5O. The summed E-state index contributed by atoms with van der Waals surface area (Å²) in [5.74, 6) is 1.15. The molecule has 1 aliphatic heterocycles. The van der Waals surface area contributed by atoms with Gasteiger partial charge in [-0.1, -0.05) is 0 Å². The van der Waals surface area contributed by atoms with Crippen LogP contribution in [-0.4, -0.2) is 59.1 Å². The summed E-state index contributed by atoms with van der Waals surface area (Å²) in [5.41, 5.74) is 0. The van der Waals surface area contributed by atoms with Gasteiger partial charge in [0.2, 0.25) is 11.9 Å². The number of aromatic nitrogens is 2. The van der Waals surface area contributed by atoms with Gasteiger partial charge in [-0.3, -0.25) is 9.69 Å². The molecule has 1 N–H and O–H groups in total. The zero-order valence-corrected chi connectivity index (χ0v) is 12.7. The Bertz CT molecular complexity index is 435. The Hall–Kier alpha value is -1.56. The van der Waals surface area contributed by atoms with Gasteiger partial charge in [0, 0.05) is 51.2 Å². The molecule has 0 bridgehead atoms. The van der Waals surface area contributed by atoms with E-state index in [-0.39, 0.29) is 11.9 Å². The van der Waals surface area contributed by atoms with Crippen molar-refractivity contribution >= 4 is 11.9 Å². The van der Waals surface area contributed by atoms with Crippen molar-refractivity contribution in [3.05, 3.63) is 12.4 Å². The van der Waals surface area contributed by atoms with Crippen LogP contribution in [0.15, 0.2) is 12.4 Å². The Kier molecular flexibility index (Phi) is 5.00. The van der Waals surface area contributed by atoms with Crippen LogP contribution in [0.3, 0.4) is 0 Å². The number of imidazole rings is 1. The number of carbonyl (C=O) groups is 1. The largest absolute Gasteiger partial charge is 0.353 e. The second-order valence-electron chi connectivity index (χ2n) is 5.50. The van der Waals surface area contributed by atoms with Crippen molar-refractivity contribution in [3.63, 3.8) is 0 Å². The highest BCUT2D eigenvalue weighted by Gasteiger charge is 2.21. The van der Waals surface area contributed by atoms with E-state index in [1.54, 1.807) is 0 Å². The topological polar surface area (TPSA) is 53.4 Å². The fourth-order valence-electron chi connectivity index (χ4n) is 2.51. The Morgan fingerprint density at radius 2 is 2.05 bits per heavy atom. The molecule has 0 radical (unpaired) electrons. The molecule has 1 aromatic heterocycles. The van der Waals surface area contributed by atoms with Gasteiger partial charge in [-0.15, -0.1) is 0 Å². The number of rotatable bonds is 5. The van der Waals surface area contributed by atoms with Gasteiger partial charge in [0.25, 0.3) is 0 Å². The fraction of sp³-hybridized carbons (Fsp3) is 0.714. The van der Waals surface area contributed by atoms with Crippen molar-refractivity contribution in [2.24, 2.45) is 0 Å². The minimum absolute atomic E-state index is 0.114. The lowest BCUT2D eigenvalue weighted by atomic mass is 10.3. The van der Waals surface area contributed by atoms with E-state index in [4.69, 9.17) is 0 Å². The molecule has 0 spiro atoms. The van der Waals surface area contributed by atoms with Crippen LogP contribution in [0.1, 0.15) is 20.8 Å². The predicted molar refractivity (Wildman–Crippen MR) is 79.8 cm³/mol. The second kappa shape index (κ2) is 6.74. The number of aryl methyl sites for hydroxylation is 1. The molecule has 2 rings (SSSR count).